The van der Waals surface area contributed by atoms with Crippen molar-refractivity contribution in [3.63, 3.8) is 0 Å². The number of benzene rings is 1. The van der Waals surface area contributed by atoms with E-state index in [1.165, 1.54) is 0 Å². The van der Waals surface area contributed by atoms with E-state index in [1.807, 2.05) is 25.1 Å². The van der Waals surface area contributed by atoms with Crippen LogP contribution in [0.15, 0.2) is 30.9 Å². The number of aryl methyl sites for hydroxylation is 1. The van der Waals surface area contributed by atoms with E-state index in [0.717, 1.165) is 17.5 Å². The van der Waals surface area contributed by atoms with Gasteiger partial charge in [0, 0.05) is 0 Å². The van der Waals surface area contributed by atoms with Crippen LogP contribution in [0.5, 0.6) is 5.75 Å². The summed E-state index contributed by atoms with van der Waals surface area (Å²) in [4.78, 5) is 0. The van der Waals surface area contributed by atoms with Crippen LogP contribution in [0.2, 0.25) is 32.7 Å². The summed E-state index contributed by atoms with van der Waals surface area (Å²) in [6.45, 7) is 16.7. The third kappa shape index (κ3) is 8.80. The average molecular weight is 297 g/mol. The fourth-order valence-electron chi connectivity index (χ4n) is 1.75. The standard InChI is InChI=1S/C10H12O.C5H16OSi2/c1-3-5-9-7-4-6-8(2)10(9)11;1-7(2)6-8(3,4)5/h3-4,6-7,11H,1,5H2,2H3;7H,1-5H3. The summed E-state index contributed by atoms with van der Waals surface area (Å²) in [5, 5.41) is 9.48. The number of aromatic hydroxyl groups is 1. The first-order chi connectivity index (χ1) is 8.67. The fraction of sp³-hybridized carbons (Fsp3) is 0.467. The van der Waals surface area contributed by atoms with Gasteiger partial charge in [-0.15, -0.1) is 6.58 Å². The van der Waals surface area contributed by atoms with Gasteiger partial charge in [0.25, 0.3) is 0 Å². The van der Waals surface area contributed by atoms with Crippen LogP contribution in [0, 0.1) is 6.92 Å². The molecule has 2 nitrogen and oxygen atoms in total. The van der Waals surface area contributed by atoms with Gasteiger partial charge in [-0.1, -0.05) is 24.3 Å². The van der Waals surface area contributed by atoms with Crippen LogP contribution in [0.3, 0.4) is 0 Å². The first-order valence-corrected chi connectivity index (χ1v) is 12.9. The van der Waals surface area contributed by atoms with Crippen molar-refractivity contribution in [2.75, 3.05) is 0 Å². The minimum Gasteiger partial charge on any atom is -0.507 e. The lowest BCUT2D eigenvalue weighted by atomic mass is 10.1. The molecule has 108 valence electrons. The molecule has 0 saturated heterocycles. The molecular formula is C15H28O2Si2. The summed E-state index contributed by atoms with van der Waals surface area (Å²) in [5.74, 6) is 0.396. The Balaban J connectivity index is 0.000000362. The number of hydrogen-bond acceptors (Lipinski definition) is 2. The summed E-state index contributed by atoms with van der Waals surface area (Å²) < 4.78 is 5.72. The largest absolute Gasteiger partial charge is 0.507 e. The Morgan fingerprint density at radius 1 is 1.32 bits per heavy atom. The van der Waals surface area contributed by atoms with E-state index in [1.54, 1.807) is 6.08 Å². The van der Waals surface area contributed by atoms with Gasteiger partial charge >= 0.3 is 0 Å². The van der Waals surface area contributed by atoms with Crippen molar-refractivity contribution in [3.05, 3.63) is 42.0 Å². The molecule has 0 amide bonds. The molecule has 0 spiro atoms. The van der Waals surface area contributed by atoms with Crippen LogP contribution in [0.25, 0.3) is 0 Å². The smallest absolute Gasteiger partial charge is 0.170 e. The molecule has 0 heterocycles. The van der Waals surface area contributed by atoms with Crippen LogP contribution in [0.4, 0.5) is 0 Å². The Labute approximate surface area is 121 Å². The van der Waals surface area contributed by atoms with Crippen LogP contribution < -0.4 is 0 Å². The molecule has 1 aromatic carbocycles. The van der Waals surface area contributed by atoms with E-state index in [2.05, 4.69) is 39.3 Å². The molecule has 4 heteroatoms. The fourth-order valence-corrected chi connectivity index (χ4v) is 7.40. The van der Waals surface area contributed by atoms with Crippen molar-refractivity contribution in [2.24, 2.45) is 0 Å². The van der Waals surface area contributed by atoms with Gasteiger partial charge < -0.3 is 9.22 Å². The summed E-state index contributed by atoms with van der Waals surface area (Å²) in [5.41, 5.74) is 1.87. The minimum atomic E-state index is -1.16. The van der Waals surface area contributed by atoms with Gasteiger partial charge in [0.05, 0.1) is 0 Å². The normalized spacial score (nSPS) is 10.9. The summed E-state index contributed by atoms with van der Waals surface area (Å²) in [6, 6.07) is 5.74. The average Bonchev–Trinajstić information content (AvgIpc) is 2.22. The van der Waals surface area contributed by atoms with E-state index < -0.39 is 17.4 Å². The zero-order valence-electron chi connectivity index (χ0n) is 13.2. The first-order valence-electron chi connectivity index (χ1n) is 6.73. The van der Waals surface area contributed by atoms with Crippen molar-refractivity contribution in [1.82, 2.24) is 0 Å². The van der Waals surface area contributed by atoms with E-state index in [-0.39, 0.29) is 0 Å². The quantitative estimate of drug-likeness (QED) is 0.665. The highest BCUT2D eigenvalue weighted by molar-refractivity contribution is 6.76. The molecule has 0 aliphatic carbocycles. The number of hydrogen-bond donors (Lipinski definition) is 1. The highest BCUT2D eigenvalue weighted by Crippen LogP contribution is 2.21. The van der Waals surface area contributed by atoms with Gasteiger partial charge in [-0.3, -0.25) is 0 Å². The molecular weight excluding hydrogens is 268 g/mol. The first kappa shape index (κ1) is 18.2. The Morgan fingerprint density at radius 2 is 1.89 bits per heavy atom. The van der Waals surface area contributed by atoms with Gasteiger partial charge in [-0.2, -0.15) is 0 Å². The molecule has 0 aliphatic rings. The zero-order chi connectivity index (χ0) is 15.1. The van der Waals surface area contributed by atoms with Gasteiger partial charge in [-0.05, 0) is 57.2 Å². The molecule has 1 N–H and O–H groups in total. The number of allylic oxidation sites excluding steroid dienone is 1. The highest BCUT2D eigenvalue weighted by Gasteiger charge is 2.15. The molecule has 1 rings (SSSR count). The Kier molecular flexibility index (Phi) is 7.98. The predicted octanol–water partition coefficient (Wildman–Crippen LogP) is 4.25. The van der Waals surface area contributed by atoms with Crippen LogP contribution in [-0.2, 0) is 10.5 Å². The van der Waals surface area contributed by atoms with Gasteiger partial charge in [0.2, 0.25) is 0 Å². The molecule has 0 bridgehead atoms. The van der Waals surface area contributed by atoms with Gasteiger partial charge in [0.1, 0.15) is 5.75 Å². The number of para-hydroxylation sites is 1. The van der Waals surface area contributed by atoms with E-state index in [9.17, 15) is 5.11 Å². The monoisotopic (exact) mass is 296 g/mol. The van der Waals surface area contributed by atoms with E-state index in [4.69, 9.17) is 4.12 Å². The maximum atomic E-state index is 9.48. The lowest BCUT2D eigenvalue weighted by Gasteiger charge is -2.19. The van der Waals surface area contributed by atoms with Crippen molar-refractivity contribution in [3.8, 4) is 5.75 Å². The van der Waals surface area contributed by atoms with Crippen LogP contribution >= 0.6 is 0 Å². The summed E-state index contributed by atoms with van der Waals surface area (Å²) >= 11 is 0. The second-order valence-electron chi connectivity index (χ2n) is 5.85. The third-order valence-electron chi connectivity index (χ3n) is 2.27. The summed E-state index contributed by atoms with van der Waals surface area (Å²) in [7, 11) is -1.89. The molecule has 0 fully saturated rings. The van der Waals surface area contributed by atoms with Gasteiger partial charge in [-0.25, -0.2) is 0 Å². The van der Waals surface area contributed by atoms with Crippen LogP contribution in [0.1, 0.15) is 11.1 Å². The SMILES string of the molecule is C=CCc1cccc(C)c1O.C[SiH](C)O[Si](C)(C)C. The van der Waals surface area contributed by atoms with E-state index >= 15 is 0 Å². The number of rotatable bonds is 4. The second kappa shape index (κ2) is 8.35. The molecule has 0 atom stereocenters. The molecule has 0 aromatic heterocycles. The van der Waals surface area contributed by atoms with Crippen molar-refractivity contribution < 1.29 is 9.22 Å². The van der Waals surface area contributed by atoms with Crippen molar-refractivity contribution in [1.29, 1.82) is 0 Å². The Hall–Kier alpha value is -0.846. The molecule has 0 radical (unpaired) electrons. The van der Waals surface area contributed by atoms with Crippen LogP contribution in [-0.4, -0.2) is 22.5 Å². The molecule has 1 aromatic rings. The highest BCUT2D eigenvalue weighted by atomic mass is 28.4. The van der Waals surface area contributed by atoms with E-state index in [0.29, 0.717) is 5.75 Å². The molecule has 19 heavy (non-hydrogen) atoms. The molecule has 0 unspecified atom stereocenters. The lowest BCUT2D eigenvalue weighted by Crippen LogP contribution is -2.31. The Morgan fingerprint density at radius 3 is 2.26 bits per heavy atom. The van der Waals surface area contributed by atoms with Crippen molar-refractivity contribution >= 4 is 17.4 Å². The number of phenols is 1. The zero-order valence-corrected chi connectivity index (χ0v) is 15.3. The second-order valence-corrected chi connectivity index (χ2v) is 13.1. The molecule has 0 saturated carbocycles. The molecule has 0 aliphatic heterocycles. The Bertz CT molecular complexity index is 396. The maximum absolute atomic E-state index is 9.48. The third-order valence-corrected chi connectivity index (χ3v) is 6.99. The summed E-state index contributed by atoms with van der Waals surface area (Å²) in [6.07, 6.45) is 2.52. The topological polar surface area (TPSA) is 29.5 Å². The predicted molar refractivity (Wildman–Crippen MR) is 90.1 cm³/mol. The minimum absolute atomic E-state index is 0.396. The lowest BCUT2D eigenvalue weighted by molar-refractivity contribution is 0.465. The van der Waals surface area contributed by atoms with Crippen molar-refractivity contribution in [2.45, 2.75) is 46.1 Å². The van der Waals surface area contributed by atoms with Gasteiger partial charge in [0.15, 0.2) is 17.4 Å². The maximum Gasteiger partial charge on any atom is 0.170 e. The number of phenolic OH excluding ortho intramolecular Hbond substituents is 1.